The summed E-state index contributed by atoms with van der Waals surface area (Å²) in [4.78, 5) is 15.5. The van der Waals surface area contributed by atoms with Crippen molar-refractivity contribution in [3.63, 3.8) is 0 Å². The van der Waals surface area contributed by atoms with E-state index in [-0.39, 0.29) is 5.91 Å². The second-order valence-electron chi connectivity index (χ2n) is 5.12. The average molecular weight is 366 g/mol. The second kappa shape index (κ2) is 6.20. The fourth-order valence-electron chi connectivity index (χ4n) is 2.29. The van der Waals surface area contributed by atoms with E-state index in [0.29, 0.717) is 12.6 Å². The van der Waals surface area contributed by atoms with Gasteiger partial charge in [0.2, 0.25) is 0 Å². The van der Waals surface area contributed by atoms with E-state index in [2.05, 4.69) is 15.9 Å². The second-order valence-corrected chi connectivity index (χ2v) is 7.58. The van der Waals surface area contributed by atoms with Crippen LogP contribution in [0.5, 0.6) is 5.75 Å². The van der Waals surface area contributed by atoms with Crippen LogP contribution in [0, 0.1) is 0 Å². The maximum atomic E-state index is 12.7. The van der Waals surface area contributed by atoms with Crippen LogP contribution < -0.4 is 4.74 Å². The molecule has 1 aromatic carbocycles. The molecule has 21 heavy (non-hydrogen) atoms. The van der Waals surface area contributed by atoms with Gasteiger partial charge in [-0.05, 0) is 58.6 Å². The normalized spacial score (nSPS) is 14.0. The molecule has 1 saturated carbocycles. The van der Waals surface area contributed by atoms with Crippen LogP contribution in [-0.4, -0.2) is 24.0 Å². The van der Waals surface area contributed by atoms with Crippen LogP contribution >= 0.6 is 27.3 Å². The minimum atomic E-state index is 0.121. The molecule has 0 aliphatic heterocycles. The average Bonchev–Trinajstić information content (AvgIpc) is 3.25. The Kier molecular flexibility index (Phi) is 4.31. The Labute approximate surface area is 136 Å². The van der Waals surface area contributed by atoms with Crippen molar-refractivity contribution >= 4 is 33.2 Å². The zero-order valence-electron chi connectivity index (χ0n) is 11.7. The van der Waals surface area contributed by atoms with Crippen molar-refractivity contribution in [2.45, 2.75) is 25.4 Å². The number of nitrogens with zero attached hydrogens (tertiary/aromatic N) is 1. The largest absolute Gasteiger partial charge is 0.497 e. The smallest absolute Gasteiger partial charge is 0.264 e. The van der Waals surface area contributed by atoms with Crippen molar-refractivity contribution in [2.24, 2.45) is 0 Å². The predicted octanol–water partition coefficient (Wildman–Crippen LogP) is 4.32. The lowest BCUT2D eigenvalue weighted by Gasteiger charge is -2.22. The molecule has 3 rings (SSSR count). The molecule has 0 bridgehead atoms. The first kappa shape index (κ1) is 14.6. The van der Waals surface area contributed by atoms with E-state index in [1.807, 2.05) is 41.3 Å². The number of thiophene rings is 1. The van der Waals surface area contributed by atoms with Crippen LogP contribution in [0.25, 0.3) is 0 Å². The van der Waals surface area contributed by atoms with Gasteiger partial charge in [0.25, 0.3) is 5.91 Å². The van der Waals surface area contributed by atoms with E-state index in [1.165, 1.54) is 11.3 Å². The zero-order valence-corrected chi connectivity index (χ0v) is 14.1. The van der Waals surface area contributed by atoms with Crippen molar-refractivity contribution in [3.05, 3.63) is 50.6 Å². The van der Waals surface area contributed by atoms with Crippen LogP contribution in [0.2, 0.25) is 0 Å². The minimum absolute atomic E-state index is 0.121. The Bertz CT molecular complexity index is 651. The number of methoxy groups -OCH3 is 1. The molecule has 1 fully saturated rings. The van der Waals surface area contributed by atoms with Crippen molar-refractivity contribution in [2.75, 3.05) is 7.11 Å². The Balaban J connectivity index is 1.80. The summed E-state index contributed by atoms with van der Waals surface area (Å²) in [6, 6.07) is 12.1. The lowest BCUT2D eigenvalue weighted by Crippen LogP contribution is -2.32. The van der Waals surface area contributed by atoms with Crippen molar-refractivity contribution in [1.29, 1.82) is 0 Å². The Morgan fingerprint density at radius 2 is 2.19 bits per heavy atom. The molecular weight excluding hydrogens is 350 g/mol. The van der Waals surface area contributed by atoms with Gasteiger partial charge in [0.05, 0.1) is 15.8 Å². The van der Waals surface area contributed by atoms with Gasteiger partial charge in [0.1, 0.15) is 5.75 Å². The van der Waals surface area contributed by atoms with E-state index in [4.69, 9.17) is 4.74 Å². The van der Waals surface area contributed by atoms with Gasteiger partial charge in [0, 0.05) is 12.6 Å². The highest BCUT2D eigenvalue weighted by molar-refractivity contribution is 9.11. The number of benzene rings is 1. The summed E-state index contributed by atoms with van der Waals surface area (Å²) in [5, 5.41) is 0. The Hall–Kier alpha value is -1.33. The van der Waals surface area contributed by atoms with Crippen molar-refractivity contribution in [1.82, 2.24) is 4.90 Å². The first-order chi connectivity index (χ1) is 10.2. The molecule has 1 aliphatic carbocycles. The van der Waals surface area contributed by atoms with Gasteiger partial charge < -0.3 is 9.64 Å². The van der Waals surface area contributed by atoms with Gasteiger partial charge in [0.15, 0.2) is 0 Å². The summed E-state index contributed by atoms with van der Waals surface area (Å²) >= 11 is 4.91. The van der Waals surface area contributed by atoms with Gasteiger partial charge in [-0.2, -0.15) is 0 Å². The highest BCUT2D eigenvalue weighted by atomic mass is 79.9. The molecule has 3 nitrogen and oxygen atoms in total. The molecule has 0 atom stereocenters. The van der Waals surface area contributed by atoms with Crippen molar-refractivity contribution in [3.8, 4) is 5.75 Å². The minimum Gasteiger partial charge on any atom is -0.497 e. The number of ether oxygens (including phenoxy) is 1. The lowest BCUT2D eigenvalue weighted by molar-refractivity contribution is 0.0734. The number of carbonyl (C=O) groups excluding carboxylic acids is 1. The Morgan fingerprint density at radius 1 is 1.38 bits per heavy atom. The Morgan fingerprint density at radius 3 is 2.81 bits per heavy atom. The van der Waals surface area contributed by atoms with Crippen LogP contribution in [0.3, 0.4) is 0 Å². The van der Waals surface area contributed by atoms with Gasteiger partial charge in [-0.3, -0.25) is 4.79 Å². The fourth-order valence-corrected chi connectivity index (χ4v) is 3.63. The number of halogens is 1. The van der Waals surface area contributed by atoms with E-state index in [0.717, 1.165) is 32.8 Å². The lowest BCUT2D eigenvalue weighted by atomic mass is 10.2. The van der Waals surface area contributed by atoms with Gasteiger partial charge in [-0.15, -0.1) is 11.3 Å². The van der Waals surface area contributed by atoms with Crippen LogP contribution in [0.15, 0.2) is 40.2 Å². The van der Waals surface area contributed by atoms with Crippen LogP contribution in [-0.2, 0) is 6.54 Å². The van der Waals surface area contributed by atoms with E-state index < -0.39 is 0 Å². The van der Waals surface area contributed by atoms with E-state index >= 15 is 0 Å². The maximum Gasteiger partial charge on any atom is 0.264 e. The molecule has 0 saturated heterocycles. The van der Waals surface area contributed by atoms with Gasteiger partial charge >= 0.3 is 0 Å². The molecule has 1 aliphatic rings. The molecule has 0 spiro atoms. The third kappa shape index (κ3) is 3.47. The van der Waals surface area contributed by atoms with Gasteiger partial charge in [-0.1, -0.05) is 12.1 Å². The molecule has 1 amide bonds. The molecule has 5 heteroatoms. The first-order valence-corrected chi connectivity index (χ1v) is 8.47. The van der Waals surface area contributed by atoms with Crippen molar-refractivity contribution < 1.29 is 9.53 Å². The first-order valence-electron chi connectivity index (χ1n) is 6.86. The summed E-state index contributed by atoms with van der Waals surface area (Å²) < 4.78 is 6.24. The molecule has 0 radical (unpaired) electrons. The highest BCUT2D eigenvalue weighted by Gasteiger charge is 2.33. The standard InChI is InChI=1S/C16H16BrNO2S/c1-20-13-4-2-3-11(9-13)10-18(12-5-6-12)16(19)14-7-8-15(17)21-14/h2-4,7-9,12H,5-6,10H2,1H3. The fraction of sp³-hybridized carbons (Fsp3) is 0.312. The van der Waals surface area contributed by atoms with Crippen LogP contribution in [0.4, 0.5) is 0 Å². The summed E-state index contributed by atoms with van der Waals surface area (Å²) in [5.41, 5.74) is 1.10. The summed E-state index contributed by atoms with van der Waals surface area (Å²) in [5.74, 6) is 0.950. The number of amides is 1. The number of rotatable bonds is 5. The number of carbonyl (C=O) groups is 1. The quantitative estimate of drug-likeness (QED) is 0.789. The van der Waals surface area contributed by atoms with Crippen LogP contribution in [0.1, 0.15) is 28.1 Å². The van der Waals surface area contributed by atoms with E-state index in [1.54, 1.807) is 7.11 Å². The highest BCUT2D eigenvalue weighted by Crippen LogP contribution is 2.32. The molecule has 2 aromatic rings. The molecule has 1 aromatic heterocycles. The summed E-state index contributed by atoms with van der Waals surface area (Å²) in [6.07, 6.45) is 2.20. The zero-order chi connectivity index (χ0) is 14.8. The van der Waals surface area contributed by atoms with E-state index in [9.17, 15) is 4.79 Å². The third-order valence-corrected chi connectivity index (χ3v) is 5.13. The summed E-state index contributed by atoms with van der Waals surface area (Å²) in [7, 11) is 1.66. The molecule has 0 unspecified atom stereocenters. The topological polar surface area (TPSA) is 29.5 Å². The third-order valence-electron chi connectivity index (χ3n) is 3.52. The van der Waals surface area contributed by atoms with Gasteiger partial charge in [-0.25, -0.2) is 0 Å². The number of hydrogen-bond donors (Lipinski definition) is 0. The molecule has 0 N–H and O–H groups in total. The number of hydrogen-bond acceptors (Lipinski definition) is 3. The molecule has 1 heterocycles. The molecular formula is C16H16BrNO2S. The monoisotopic (exact) mass is 365 g/mol. The summed E-state index contributed by atoms with van der Waals surface area (Å²) in [6.45, 7) is 0.635. The molecule has 110 valence electrons. The predicted molar refractivity (Wildman–Crippen MR) is 87.9 cm³/mol. The SMILES string of the molecule is COc1cccc(CN(C(=O)c2ccc(Br)s2)C2CC2)c1. The maximum absolute atomic E-state index is 12.7.